The van der Waals surface area contributed by atoms with Gasteiger partial charge in [-0.15, -0.1) is 0 Å². The Labute approximate surface area is 328 Å². The van der Waals surface area contributed by atoms with Crippen LogP contribution in [0, 0.1) is 40.4 Å². The molecular formula is C41H64O15. The van der Waals surface area contributed by atoms with Crippen LogP contribution in [-0.2, 0) is 38.0 Å². The second-order valence-electron chi connectivity index (χ2n) is 18.9. The SMILES string of the molecule is CC(=O)OC1C(C)OC(OC2C(OC3CCC4(C)C(=CCC5C4CCC4(C)C5CC5OC6(CCC(CO)CO6)C(C)C54O)C3)OC(CO)C(O)C2O)C(O)C1O. The molecule has 4 aliphatic heterocycles. The van der Waals surface area contributed by atoms with Crippen molar-refractivity contribution in [2.45, 2.75) is 177 Å². The van der Waals surface area contributed by atoms with Gasteiger partial charge in [-0.1, -0.05) is 32.4 Å². The maximum atomic E-state index is 12.7. The fraction of sp³-hybridized carbons (Fsp3) is 0.927. The highest BCUT2D eigenvalue weighted by Gasteiger charge is 2.76. The van der Waals surface area contributed by atoms with Gasteiger partial charge in [0.1, 0.15) is 42.2 Å². The van der Waals surface area contributed by atoms with E-state index in [2.05, 4.69) is 26.8 Å². The van der Waals surface area contributed by atoms with Crippen molar-refractivity contribution in [2.24, 2.45) is 40.4 Å². The lowest BCUT2D eigenvalue weighted by Gasteiger charge is -2.60. The number of esters is 1. The smallest absolute Gasteiger partial charge is 0.303 e. The zero-order chi connectivity index (χ0) is 40.1. The first-order chi connectivity index (χ1) is 26.5. The molecule has 7 N–H and O–H groups in total. The summed E-state index contributed by atoms with van der Waals surface area (Å²) in [6.45, 7) is 9.43. The number of aliphatic hydroxyl groups is 7. The van der Waals surface area contributed by atoms with Crippen molar-refractivity contribution >= 4 is 5.97 Å². The standard InChI is InChI=1S/C41H64O15/c1-19-34(52-21(3)44)32(47)33(48)36(51-19)55-35-31(46)30(45)28(17-43)54-37(35)53-24-9-11-38(4)23(14-24)6-7-25-26(38)10-12-39(5)27(25)15-29-41(39,49)20(2)40(56-29)13-8-22(16-42)18-50-40/h6,19-20,22,24-37,42-43,45-49H,7-18H2,1-5H3. The molecule has 1 spiro atoms. The van der Waals surface area contributed by atoms with Gasteiger partial charge in [-0.2, -0.15) is 0 Å². The minimum absolute atomic E-state index is 0.0820. The van der Waals surface area contributed by atoms with Crippen LogP contribution in [0.1, 0.15) is 92.4 Å². The van der Waals surface area contributed by atoms with Crippen LogP contribution in [0.3, 0.4) is 0 Å². The maximum Gasteiger partial charge on any atom is 0.303 e. The highest BCUT2D eigenvalue weighted by atomic mass is 16.8. The summed E-state index contributed by atoms with van der Waals surface area (Å²) >= 11 is 0. The molecule has 0 amide bonds. The van der Waals surface area contributed by atoms with Crippen LogP contribution in [0.4, 0.5) is 0 Å². The molecule has 7 fully saturated rings. The van der Waals surface area contributed by atoms with Crippen molar-refractivity contribution in [1.82, 2.24) is 0 Å². The van der Waals surface area contributed by atoms with Crippen molar-refractivity contribution in [3.8, 4) is 0 Å². The lowest BCUT2D eigenvalue weighted by molar-refractivity contribution is -0.370. The predicted octanol–water partition coefficient (Wildman–Crippen LogP) is 1.05. The third kappa shape index (κ3) is 6.28. The highest BCUT2D eigenvalue weighted by Crippen LogP contribution is 2.72. The molecular weight excluding hydrogens is 732 g/mol. The van der Waals surface area contributed by atoms with Crippen LogP contribution in [0.5, 0.6) is 0 Å². The lowest BCUT2D eigenvalue weighted by Crippen LogP contribution is -2.64. The van der Waals surface area contributed by atoms with E-state index in [-0.39, 0.29) is 47.4 Å². The Morgan fingerprint density at radius 1 is 0.875 bits per heavy atom. The summed E-state index contributed by atoms with van der Waals surface area (Å²) < 4.78 is 42.7. The molecule has 8 aliphatic rings. The van der Waals surface area contributed by atoms with Crippen LogP contribution in [0.2, 0.25) is 0 Å². The van der Waals surface area contributed by atoms with Gasteiger partial charge < -0.3 is 68.9 Å². The molecule has 0 aromatic rings. The molecule has 0 aromatic carbocycles. The van der Waals surface area contributed by atoms with Crippen LogP contribution < -0.4 is 0 Å². The van der Waals surface area contributed by atoms with Gasteiger partial charge in [0, 0.05) is 37.2 Å². The van der Waals surface area contributed by atoms with Gasteiger partial charge in [0.15, 0.2) is 24.5 Å². The molecule has 0 radical (unpaired) electrons. The third-order valence-electron chi connectivity index (χ3n) is 16.2. The molecule has 4 heterocycles. The van der Waals surface area contributed by atoms with E-state index in [4.69, 9.17) is 33.2 Å². The minimum Gasteiger partial charge on any atom is -0.457 e. The van der Waals surface area contributed by atoms with E-state index in [1.54, 1.807) is 6.92 Å². The van der Waals surface area contributed by atoms with Crippen molar-refractivity contribution in [2.75, 3.05) is 19.8 Å². The zero-order valence-electron chi connectivity index (χ0n) is 33.3. The molecule has 21 atom stereocenters. The molecule has 3 saturated carbocycles. The van der Waals surface area contributed by atoms with E-state index in [1.165, 1.54) is 12.5 Å². The zero-order valence-corrected chi connectivity index (χ0v) is 33.3. The van der Waals surface area contributed by atoms with Crippen LogP contribution in [0.15, 0.2) is 11.6 Å². The Balaban J connectivity index is 0.962. The quantitative estimate of drug-likeness (QED) is 0.141. The first kappa shape index (κ1) is 41.4. The molecule has 15 heteroatoms. The topological polar surface area (TPSA) is 223 Å². The summed E-state index contributed by atoms with van der Waals surface area (Å²) in [7, 11) is 0. The molecule has 21 unspecified atom stereocenters. The first-order valence-corrected chi connectivity index (χ1v) is 21.0. The number of fused-ring (bicyclic) bond motifs is 7. The van der Waals surface area contributed by atoms with Crippen molar-refractivity contribution in [3.05, 3.63) is 11.6 Å². The minimum atomic E-state index is -1.67. The predicted molar refractivity (Wildman–Crippen MR) is 194 cm³/mol. The maximum absolute atomic E-state index is 12.7. The molecule has 4 aliphatic carbocycles. The fourth-order valence-electron chi connectivity index (χ4n) is 12.9. The number of allylic oxidation sites excluding steroid dienone is 1. The van der Waals surface area contributed by atoms with Gasteiger partial charge in [-0.25, -0.2) is 0 Å². The van der Waals surface area contributed by atoms with E-state index in [9.17, 15) is 40.5 Å². The second kappa shape index (κ2) is 15.0. The molecule has 0 aromatic heterocycles. The van der Waals surface area contributed by atoms with E-state index < -0.39 is 85.4 Å². The number of hydrogen-bond acceptors (Lipinski definition) is 15. The second-order valence-corrected chi connectivity index (χ2v) is 18.9. The Bertz CT molecular complexity index is 1490. The average Bonchev–Trinajstić information content (AvgIpc) is 3.52. The average molecular weight is 797 g/mol. The first-order valence-electron chi connectivity index (χ1n) is 21.0. The van der Waals surface area contributed by atoms with Crippen molar-refractivity contribution in [1.29, 1.82) is 0 Å². The Morgan fingerprint density at radius 2 is 1.62 bits per heavy atom. The Kier molecular flexibility index (Phi) is 11.1. The summed E-state index contributed by atoms with van der Waals surface area (Å²) in [6.07, 6.45) is -4.74. The normalized spacial score (nSPS) is 55.4. The summed E-state index contributed by atoms with van der Waals surface area (Å²) in [5, 5.41) is 76.1. The summed E-state index contributed by atoms with van der Waals surface area (Å²) in [4.78, 5) is 11.6. The van der Waals surface area contributed by atoms with Crippen molar-refractivity contribution in [3.63, 3.8) is 0 Å². The fourth-order valence-corrected chi connectivity index (χ4v) is 12.9. The molecule has 318 valence electrons. The molecule has 56 heavy (non-hydrogen) atoms. The number of aliphatic hydroxyl groups excluding tert-OH is 6. The number of ether oxygens (including phenoxy) is 7. The summed E-state index contributed by atoms with van der Waals surface area (Å²) in [5.74, 6) is -0.473. The Hall–Kier alpha value is -1.31. The van der Waals surface area contributed by atoms with Crippen LogP contribution in [-0.4, -0.2) is 147 Å². The van der Waals surface area contributed by atoms with Crippen LogP contribution >= 0.6 is 0 Å². The summed E-state index contributed by atoms with van der Waals surface area (Å²) in [6, 6.07) is 0. The highest BCUT2D eigenvalue weighted by molar-refractivity contribution is 5.66. The van der Waals surface area contributed by atoms with Crippen LogP contribution in [0.25, 0.3) is 0 Å². The Morgan fingerprint density at radius 3 is 2.30 bits per heavy atom. The van der Waals surface area contributed by atoms with Gasteiger partial charge >= 0.3 is 5.97 Å². The van der Waals surface area contributed by atoms with Gasteiger partial charge in [-0.05, 0) is 81.5 Å². The summed E-state index contributed by atoms with van der Waals surface area (Å²) in [5.41, 5.74) is -0.109. The van der Waals surface area contributed by atoms with E-state index in [0.717, 1.165) is 38.5 Å². The van der Waals surface area contributed by atoms with E-state index in [0.29, 0.717) is 37.7 Å². The van der Waals surface area contributed by atoms with Gasteiger partial charge in [0.25, 0.3) is 0 Å². The van der Waals surface area contributed by atoms with Crippen molar-refractivity contribution < 1.29 is 73.7 Å². The molecule has 15 nitrogen and oxygen atoms in total. The van der Waals surface area contributed by atoms with Gasteiger partial charge in [-0.3, -0.25) is 4.79 Å². The van der Waals surface area contributed by atoms with Gasteiger partial charge in [0.05, 0.1) is 31.5 Å². The largest absolute Gasteiger partial charge is 0.457 e. The molecule has 4 saturated heterocycles. The van der Waals surface area contributed by atoms with Gasteiger partial charge in [0.2, 0.25) is 0 Å². The van der Waals surface area contributed by atoms with E-state index in [1.807, 2.05) is 0 Å². The van der Waals surface area contributed by atoms with E-state index >= 15 is 0 Å². The third-order valence-corrected chi connectivity index (χ3v) is 16.2. The lowest BCUT2D eigenvalue weighted by atomic mass is 9.46. The number of rotatable bonds is 7. The number of carbonyl (C=O) groups is 1. The number of hydrogen-bond donors (Lipinski definition) is 7. The number of carbonyl (C=O) groups excluding carboxylic acids is 1. The molecule has 0 bridgehead atoms. The molecule has 8 rings (SSSR count). The monoisotopic (exact) mass is 796 g/mol.